The number of ether oxygens (including phenoxy) is 1. The van der Waals surface area contributed by atoms with Crippen molar-refractivity contribution in [2.24, 2.45) is 0 Å². The number of para-hydroxylation sites is 2. The first kappa shape index (κ1) is 18.9. The minimum atomic E-state index is -0.227. The third-order valence-electron chi connectivity index (χ3n) is 5.26. The van der Waals surface area contributed by atoms with Gasteiger partial charge in [-0.2, -0.15) is 0 Å². The predicted molar refractivity (Wildman–Crippen MR) is 117 cm³/mol. The van der Waals surface area contributed by atoms with Crippen LogP contribution >= 0.6 is 11.3 Å². The van der Waals surface area contributed by atoms with Crippen LogP contribution in [0.3, 0.4) is 0 Å². The largest absolute Gasteiger partial charge is 0.376 e. The van der Waals surface area contributed by atoms with E-state index in [1.54, 1.807) is 23.1 Å². The zero-order valence-corrected chi connectivity index (χ0v) is 17.0. The highest BCUT2D eigenvalue weighted by Crippen LogP contribution is 2.30. The number of rotatable bonds is 5. The Bertz CT molecular complexity index is 1240. The molecule has 2 aromatic heterocycles. The summed E-state index contributed by atoms with van der Waals surface area (Å²) in [5.74, 6) is -0.205. The monoisotopic (exact) mass is 420 g/mol. The van der Waals surface area contributed by atoms with Gasteiger partial charge in [-0.3, -0.25) is 19.1 Å². The van der Waals surface area contributed by atoms with Crippen LogP contribution in [0, 0.1) is 0 Å². The maximum absolute atomic E-state index is 13.3. The molecule has 0 radical (unpaired) electrons. The summed E-state index contributed by atoms with van der Waals surface area (Å²) in [5, 5.41) is 1.12. The van der Waals surface area contributed by atoms with Gasteiger partial charge in [-0.1, -0.05) is 35.6 Å². The van der Waals surface area contributed by atoms with Crippen LogP contribution in [0.2, 0.25) is 0 Å². The van der Waals surface area contributed by atoms with Crippen molar-refractivity contribution >= 4 is 43.5 Å². The van der Waals surface area contributed by atoms with E-state index in [1.165, 1.54) is 22.2 Å². The standard InChI is InChI=1S/C22H20N4O3S/c27-20(13-25-14-23-17-8-2-1-7-16(17)21(25)28)26(12-15-6-5-11-29-15)22-24-18-9-3-4-10-19(18)30-22/h1-4,7-10,14-15H,5-6,11-13H2. The second kappa shape index (κ2) is 7.97. The molecule has 1 amide bonds. The van der Waals surface area contributed by atoms with Crippen LogP contribution < -0.4 is 10.5 Å². The number of carbonyl (C=O) groups excluding carboxylic acids is 1. The molecule has 1 unspecified atom stereocenters. The zero-order valence-electron chi connectivity index (χ0n) is 16.2. The molecular formula is C22H20N4O3S. The van der Waals surface area contributed by atoms with Gasteiger partial charge in [0.1, 0.15) is 6.54 Å². The summed E-state index contributed by atoms with van der Waals surface area (Å²) in [6, 6.07) is 14.9. The first-order chi connectivity index (χ1) is 14.7. The van der Waals surface area contributed by atoms with Crippen molar-refractivity contribution in [3.05, 3.63) is 65.2 Å². The van der Waals surface area contributed by atoms with Gasteiger partial charge in [-0.25, -0.2) is 9.97 Å². The first-order valence-electron chi connectivity index (χ1n) is 9.91. The fraction of sp³-hybridized carbons (Fsp3) is 0.273. The molecule has 0 bridgehead atoms. The lowest BCUT2D eigenvalue weighted by Gasteiger charge is -2.23. The maximum Gasteiger partial charge on any atom is 0.261 e. The van der Waals surface area contributed by atoms with Crippen molar-refractivity contribution in [3.8, 4) is 0 Å². The lowest BCUT2D eigenvalue weighted by atomic mass is 10.2. The quantitative estimate of drug-likeness (QED) is 0.495. The molecule has 0 saturated carbocycles. The fourth-order valence-corrected chi connectivity index (χ4v) is 4.70. The normalized spacial score (nSPS) is 16.3. The number of carbonyl (C=O) groups is 1. The minimum absolute atomic E-state index is 0.0209. The third-order valence-corrected chi connectivity index (χ3v) is 6.32. The van der Waals surface area contributed by atoms with E-state index in [-0.39, 0.29) is 24.1 Å². The lowest BCUT2D eigenvalue weighted by molar-refractivity contribution is -0.119. The molecule has 1 fully saturated rings. The summed E-state index contributed by atoms with van der Waals surface area (Å²) in [7, 11) is 0. The Morgan fingerprint density at radius 2 is 1.97 bits per heavy atom. The van der Waals surface area contributed by atoms with Crippen molar-refractivity contribution in [3.63, 3.8) is 0 Å². The van der Waals surface area contributed by atoms with Crippen molar-refractivity contribution in [2.75, 3.05) is 18.1 Å². The van der Waals surface area contributed by atoms with Gasteiger partial charge in [-0.15, -0.1) is 0 Å². The molecule has 0 spiro atoms. The third kappa shape index (κ3) is 3.59. The molecule has 4 aromatic rings. The average Bonchev–Trinajstić information content (AvgIpc) is 3.43. The molecule has 0 N–H and O–H groups in total. The van der Waals surface area contributed by atoms with E-state index in [0.29, 0.717) is 29.2 Å². The second-order valence-electron chi connectivity index (χ2n) is 7.30. The summed E-state index contributed by atoms with van der Waals surface area (Å²) in [6.45, 7) is 1.04. The van der Waals surface area contributed by atoms with Gasteiger partial charge in [0.2, 0.25) is 5.91 Å². The molecule has 1 aliphatic heterocycles. The van der Waals surface area contributed by atoms with Gasteiger partial charge >= 0.3 is 0 Å². The van der Waals surface area contributed by atoms with Gasteiger partial charge in [0.25, 0.3) is 5.56 Å². The Hall–Kier alpha value is -3.10. The Morgan fingerprint density at radius 1 is 1.17 bits per heavy atom. The molecule has 7 nitrogen and oxygen atoms in total. The Morgan fingerprint density at radius 3 is 2.77 bits per heavy atom. The SMILES string of the molecule is O=C(Cn1cnc2ccccc2c1=O)N(CC1CCCO1)c1nc2ccccc2s1. The van der Waals surface area contributed by atoms with Gasteiger partial charge in [0, 0.05) is 6.61 Å². The van der Waals surface area contributed by atoms with E-state index >= 15 is 0 Å². The number of aromatic nitrogens is 3. The van der Waals surface area contributed by atoms with E-state index in [9.17, 15) is 9.59 Å². The molecule has 30 heavy (non-hydrogen) atoms. The molecule has 5 rings (SSSR count). The summed E-state index contributed by atoms with van der Waals surface area (Å²) in [6.07, 6.45) is 3.31. The van der Waals surface area contributed by atoms with Crippen molar-refractivity contribution < 1.29 is 9.53 Å². The molecule has 8 heteroatoms. The van der Waals surface area contributed by atoms with Crippen LogP contribution in [0.4, 0.5) is 5.13 Å². The first-order valence-corrected chi connectivity index (χ1v) is 10.7. The van der Waals surface area contributed by atoms with Crippen molar-refractivity contribution in [1.29, 1.82) is 0 Å². The van der Waals surface area contributed by atoms with Crippen LogP contribution in [0.15, 0.2) is 59.7 Å². The smallest absolute Gasteiger partial charge is 0.261 e. The molecule has 152 valence electrons. The highest BCUT2D eigenvalue weighted by molar-refractivity contribution is 7.22. The van der Waals surface area contributed by atoms with Crippen LogP contribution in [-0.2, 0) is 16.1 Å². The lowest BCUT2D eigenvalue weighted by Crippen LogP contribution is -2.41. The molecule has 1 saturated heterocycles. The second-order valence-corrected chi connectivity index (χ2v) is 8.31. The molecule has 1 aliphatic rings. The fourth-order valence-electron chi connectivity index (χ4n) is 3.70. The highest BCUT2D eigenvalue weighted by atomic mass is 32.1. The van der Waals surface area contributed by atoms with Gasteiger partial charge < -0.3 is 4.74 Å². The molecular weight excluding hydrogens is 400 g/mol. The number of fused-ring (bicyclic) bond motifs is 2. The predicted octanol–water partition coefficient (Wildman–Crippen LogP) is 3.22. The molecule has 0 aliphatic carbocycles. The summed E-state index contributed by atoms with van der Waals surface area (Å²) >= 11 is 1.47. The number of benzene rings is 2. The Labute approximate surface area is 176 Å². The number of thiazole rings is 1. The number of hydrogen-bond donors (Lipinski definition) is 0. The minimum Gasteiger partial charge on any atom is -0.376 e. The summed E-state index contributed by atoms with van der Waals surface area (Å²) in [4.78, 5) is 36.8. The van der Waals surface area contributed by atoms with Crippen molar-refractivity contribution in [2.45, 2.75) is 25.5 Å². The van der Waals surface area contributed by atoms with Crippen LogP contribution in [0.25, 0.3) is 21.1 Å². The average molecular weight is 420 g/mol. The number of hydrogen-bond acceptors (Lipinski definition) is 6. The van der Waals surface area contributed by atoms with Crippen molar-refractivity contribution in [1.82, 2.24) is 14.5 Å². The van der Waals surface area contributed by atoms with Gasteiger partial charge in [0.15, 0.2) is 5.13 Å². The van der Waals surface area contributed by atoms with E-state index in [4.69, 9.17) is 4.74 Å². The Balaban J connectivity index is 1.48. The summed E-state index contributed by atoms with van der Waals surface area (Å²) in [5.41, 5.74) is 1.25. The summed E-state index contributed by atoms with van der Waals surface area (Å²) < 4.78 is 8.14. The topological polar surface area (TPSA) is 77.3 Å². The number of anilines is 1. The van der Waals surface area contributed by atoms with Gasteiger partial charge in [0.05, 0.1) is 40.1 Å². The van der Waals surface area contributed by atoms with Gasteiger partial charge in [-0.05, 0) is 37.1 Å². The zero-order chi connectivity index (χ0) is 20.5. The molecule has 1 atom stereocenters. The molecule has 3 heterocycles. The number of amides is 1. The number of nitrogens with zero attached hydrogens (tertiary/aromatic N) is 4. The van der Waals surface area contributed by atoms with Crippen LogP contribution in [0.1, 0.15) is 12.8 Å². The van der Waals surface area contributed by atoms with E-state index < -0.39 is 0 Å². The van der Waals surface area contributed by atoms with E-state index in [2.05, 4.69) is 9.97 Å². The van der Waals surface area contributed by atoms with E-state index in [1.807, 2.05) is 30.3 Å². The molecule has 2 aromatic carbocycles. The highest BCUT2D eigenvalue weighted by Gasteiger charge is 2.26. The van der Waals surface area contributed by atoms with E-state index in [0.717, 1.165) is 23.1 Å². The van der Waals surface area contributed by atoms with Crippen LogP contribution in [-0.4, -0.2) is 39.7 Å². The maximum atomic E-state index is 13.3. The van der Waals surface area contributed by atoms with Crippen LogP contribution in [0.5, 0.6) is 0 Å². The Kier molecular flexibility index (Phi) is 5.02.